The van der Waals surface area contributed by atoms with E-state index in [9.17, 15) is 9.18 Å². The van der Waals surface area contributed by atoms with Gasteiger partial charge in [0.15, 0.2) is 0 Å². The Hall–Kier alpha value is -2.73. The summed E-state index contributed by atoms with van der Waals surface area (Å²) in [4.78, 5) is 20.5. The van der Waals surface area contributed by atoms with Crippen molar-refractivity contribution < 1.29 is 9.18 Å². The second-order valence-electron chi connectivity index (χ2n) is 7.09. The van der Waals surface area contributed by atoms with Crippen LogP contribution in [0.4, 0.5) is 4.39 Å². The second-order valence-corrected chi connectivity index (χ2v) is 7.09. The zero-order valence-corrected chi connectivity index (χ0v) is 14.5. The molecular formula is C20H19FN4O. The zero-order chi connectivity index (χ0) is 17.8. The maximum Gasteiger partial charge on any atom is 0.268 e. The summed E-state index contributed by atoms with van der Waals surface area (Å²) in [5.41, 5.74) is 3.51. The van der Waals surface area contributed by atoms with Gasteiger partial charge in [0, 0.05) is 18.7 Å². The number of nitrogens with one attached hydrogen (secondary N) is 1. The first-order chi connectivity index (χ1) is 12.6. The van der Waals surface area contributed by atoms with E-state index >= 15 is 0 Å². The van der Waals surface area contributed by atoms with E-state index in [1.54, 1.807) is 17.1 Å². The van der Waals surface area contributed by atoms with Crippen LogP contribution >= 0.6 is 0 Å². The lowest BCUT2D eigenvalue weighted by Crippen LogP contribution is -2.38. The van der Waals surface area contributed by atoms with Gasteiger partial charge in [-0.2, -0.15) is 0 Å². The summed E-state index contributed by atoms with van der Waals surface area (Å²) in [5.74, 6) is -0.0687. The third-order valence-electron chi connectivity index (χ3n) is 5.49. The summed E-state index contributed by atoms with van der Waals surface area (Å²) < 4.78 is 14.8. The molecule has 0 aliphatic carbocycles. The average molecular weight is 350 g/mol. The number of nitrogens with zero attached hydrogens (tertiary/aromatic N) is 3. The van der Waals surface area contributed by atoms with Crippen LogP contribution < -0.4 is 0 Å². The normalized spacial score (nSPS) is 21.7. The number of halogens is 1. The molecule has 0 unspecified atom stereocenters. The average Bonchev–Trinajstić information content (AvgIpc) is 3.35. The minimum Gasteiger partial charge on any atom is -0.338 e. The molecular weight excluding hydrogens is 331 g/mol. The van der Waals surface area contributed by atoms with Crippen molar-refractivity contribution in [3.05, 3.63) is 53.3 Å². The molecule has 0 atom stereocenters. The molecule has 2 aliphatic heterocycles. The number of aromatic nitrogens is 2. The number of rotatable bonds is 2. The topological polar surface area (TPSA) is 52.2 Å². The Morgan fingerprint density at radius 1 is 1.23 bits per heavy atom. The van der Waals surface area contributed by atoms with Crippen LogP contribution in [0.3, 0.4) is 0 Å². The minimum atomic E-state index is -0.436. The number of hydrogen-bond donors (Lipinski definition) is 1. The fourth-order valence-corrected chi connectivity index (χ4v) is 4.11. The first-order valence-electron chi connectivity index (χ1n) is 8.95. The number of H-pyrrole nitrogens is 1. The molecule has 5 rings (SSSR count). The van der Waals surface area contributed by atoms with Crippen LogP contribution in [0.5, 0.6) is 0 Å². The molecule has 132 valence electrons. The highest BCUT2D eigenvalue weighted by molar-refractivity contribution is 5.95. The van der Waals surface area contributed by atoms with Gasteiger partial charge in [-0.05, 0) is 49.6 Å². The Morgan fingerprint density at radius 2 is 2.04 bits per heavy atom. The quantitative estimate of drug-likeness (QED) is 0.769. The summed E-state index contributed by atoms with van der Waals surface area (Å²) in [7, 11) is 0. The zero-order valence-electron chi connectivity index (χ0n) is 14.5. The Labute approximate surface area is 150 Å². The number of hydrogen-bond acceptors (Lipinski definition) is 3. The minimum absolute atomic E-state index is 0.115. The van der Waals surface area contributed by atoms with Crippen molar-refractivity contribution in [1.82, 2.24) is 20.0 Å². The van der Waals surface area contributed by atoms with Crippen molar-refractivity contribution in [2.45, 2.75) is 25.8 Å². The van der Waals surface area contributed by atoms with Crippen molar-refractivity contribution in [2.24, 2.45) is 0 Å². The van der Waals surface area contributed by atoms with Gasteiger partial charge in [-0.15, -0.1) is 0 Å². The highest BCUT2D eigenvalue weighted by Gasteiger charge is 2.41. The van der Waals surface area contributed by atoms with Crippen LogP contribution in [0.2, 0.25) is 0 Å². The number of fused-ring (bicyclic) bond motifs is 3. The van der Waals surface area contributed by atoms with E-state index in [1.165, 1.54) is 6.07 Å². The van der Waals surface area contributed by atoms with Gasteiger partial charge in [-0.25, -0.2) is 14.4 Å². The fraction of sp³-hybridized carbons (Fsp3) is 0.300. The molecule has 0 saturated carbocycles. The number of hydrazine groups is 1. The monoisotopic (exact) mass is 350 g/mol. The van der Waals surface area contributed by atoms with Crippen LogP contribution in [0.1, 0.15) is 28.8 Å². The first-order valence-corrected chi connectivity index (χ1v) is 8.95. The first kappa shape index (κ1) is 15.5. The molecule has 1 amide bonds. The van der Waals surface area contributed by atoms with Crippen LogP contribution in [0.15, 0.2) is 36.4 Å². The van der Waals surface area contributed by atoms with Gasteiger partial charge in [0.05, 0.1) is 22.6 Å². The van der Waals surface area contributed by atoms with E-state index < -0.39 is 5.82 Å². The van der Waals surface area contributed by atoms with E-state index in [0.29, 0.717) is 17.0 Å². The van der Waals surface area contributed by atoms with E-state index in [1.807, 2.05) is 25.1 Å². The highest BCUT2D eigenvalue weighted by atomic mass is 19.1. The SMILES string of the molecule is Cc1cccc2[nH]c(-c3ccc(C(=O)N4C5CCN4CC5)cc3F)nc12. The van der Waals surface area contributed by atoms with Crippen LogP contribution in [-0.4, -0.2) is 45.0 Å². The van der Waals surface area contributed by atoms with Crippen molar-refractivity contribution >= 4 is 16.9 Å². The van der Waals surface area contributed by atoms with Gasteiger partial charge in [0.25, 0.3) is 5.91 Å². The maximum atomic E-state index is 14.8. The Bertz CT molecular complexity index is 1010. The Kier molecular flexibility index (Phi) is 3.37. The highest BCUT2D eigenvalue weighted by Crippen LogP contribution is 2.31. The number of carbonyl (C=O) groups excluding carboxylic acids is 1. The predicted octanol–water partition coefficient (Wildman–Crippen LogP) is 3.51. The van der Waals surface area contributed by atoms with Crippen LogP contribution in [-0.2, 0) is 0 Å². The van der Waals surface area contributed by atoms with Gasteiger partial charge in [0.1, 0.15) is 11.6 Å². The molecule has 0 radical (unpaired) electrons. The van der Waals surface area contributed by atoms with Crippen molar-refractivity contribution in [3.63, 3.8) is 0 Å². The molecule has 0 spiro atoms. The van der Waals surface area contributed by atoms with E-state index in [-0.39, 0.29) is 11.9 Å². The van der Waals surface area contributed by atoms with Crippen molar-refractivity contribution in [3.8, 4) is 11.4 Å². The molecule has 2 aromatic carbocycles. The number of carbonyl (C=O) groups is 1. The lowest BCUT2D eigenvalue weighted by Gasteiger charge is -2.23. The Balaban J connectivity index is 1.50. The molecule has 1 aromatic heterocycles. The molecule has 2 fully saturated rings. The standard InChI is InChI=1S/C20H19FN4O/c1-12-3-2-4-17-18(12)23-19(22-17)15-6-5-13(11-16(15)21)20(26)25-14-7-9-24(25)10-8-14/h2-6,11,14H,7-10H2,1H3,(H,22,23). The van der Waals surface area contributed by atoms with Gasteiger partial charge < -0.3 is 4.98 Å². The van der Waals surface area contributed by atoms with Gasteiger partial charge in [-0.3, -0.25) is 9.80 Å². The summed E-state index contributed by atoms with van der Waals surface area (Å²) in [6.45, 7) is 3.80. The molecule has 6 heteroatoms. The number of imidazole rings is 1. The van der Waals surface area contributed by atoms with Crippen molar-refractivity contribution in [2.75, 3.05) is 13.1 Å². The molecule has 3 aromatic rings. The largest absolute Gasteiger partial charge is 0.338 e. The number of aromatic amines is 1. The summed E-state index contributed by atoms with van der Waals surface area (Å²) in [5, 5.41) is 3.87. The number of benzene rings is 2. The number of piperidine rings is 1. The molecule has 2 bridgehead atoms. The predicted molar refractivity (Wildman–Crippen MR) is 97.0 cm³/mol. The summed E-state index contributed by atoms with van der Waals surface area (Å²) in [6, 6.07) is 10.8. The van der Waals surface area contributed by atoms with Gasteiger partial charge in [0.2, 0.25) is 0 Å². The summed E-state index contributed by atoms with van der Waals surface area (Å²) >= 11 is 0. The number of amides is 1. The van der Waals surface area contributed by atoms with E-state index in [0.717, 1.165) is 42.5 Å². The van der Waals surface area contributed by atoms with Gasteiger partial charge in [-0.1, -0.05) is 12.1 Å². The fourth-order valence-electron chi connectivity index (χ4n) is 4.11. The molecule has 3 heterocycles. The molecule has 26 heavy (non-hydrogen) atoms. The van der Waals surface area contributed by atoms with E-state index in [4.69, 9.17) is 0 Å². The molecule has 5 nitrogen and oxygen atoms in total. The van der Waals surface area contributed by atoms with E-state index in [2.05, 4.69) is 15.0 Å². The third-order valence-corrected chi connectivity index (χ3v) is 5.49. The van der Waals surface area contributed by atoms with Crippen LogP contribution in [0.25, 0.3) is 22.4 Å². The number of aryl methyl sites for hydroxylation is 1. The summed E-state index contributed by atoms with van der Waals surface area (Å²) in [6.07, 6.45) is 2.01. The maximum absolute atomic E-state index is 14.8. The number of para-hydroxylation sites is 1. The Morgan fingerprint density at radius 3 is 2.69 bits per heavy atom. The van der Waals surface area contributed by atoms with Crippen molar-refractivity contribution in [1.29, 1.82) is 0 Å². The third kappa shape index (κ3) is 2.25. The smallest absolute Gasteiger partial charge is 0.268 e. The van der Waals surface area contributed by atoms with Crippen LogP contribution in [0, 0.1) is 12.7 Å². The lowest BCUT2D eigenvalue weighted by molar-refractivity contribution is 0.0334. The lowest BCUT2D eigenvalue weighted by atomic mass is 10.1. The molecule has 1 N–H and O–H groups in total. The second kappa shape index (κ2) is 5.64. The molecule has 2 saturated heterocycles. The molecule has 2 aliphatic rings. The van der Waals surface area contributed by atoms with Gasteiger partial charge >= 0.3 is 0 Å².